The normalized spacial score (nSPS) is 11.3. The van der Waals surface area contributed by atoms with E-state index >= 15 is 0 Å². The molecule has 8 heteroatoms. The summed E-state index contributed by atoms with van der Waals surface area (Å²) in [5.41, 5.74) is 7.51. The summed E-state index contributed by atoms with van der Waals surface area (Å²) in [4.78, 5) is 23.0. The van der Waals surface area contributed by atoms with Crippen LogP contribution in [0.5, 0.6) is 0 Å². The topological polar surface area (TPSA) is 108 Å². The van der Waals surface area contributed by atoms with Crippen molar-refractivity contribution in [2.45, 2.75) is 26.8 Å². The largest absolute Gasteiger partial charge is 0.333 e. The van der Waals surface area contributed by atoms with Crippen molar-refractivity contribution in [1.82, 2.24) is 20.9 Å². The quantitative estimate of drug-likeness (QED) is 0.629. The zero-order chi connectivity index (χ0) is 17.5. The van der Waals surface area contributed by atoms with Crippen molar-refractivity contribution < 1.29 is 9.59 Å². The fourth-order valence-corrected chi connectivity index (χ4v) is 1.99. The molecule has 0 saturated heterocycles. The van der Waals surface area contributed by atoms with Crippen molar-refractivity contribution in [3.8, 4) is 0 Å². The van der Waals surface area contributed by atoms with Gasteiger partial charge in [-0.25, -0.2) is 4.79 Å². The van der Waals surface area contributed by atoms with Crippen molar-refractivity contribution in [2.75, 3.05) is 10.7 Å². The molecule has 0 saturated carbocycles. The maximum atomic E-state index is 11.9. The predicted molar refractivity (Wildman–Crippen MR) is 91.2 cm³/mol. The van der Waals surface area contributed by atoms with E-state index in [2.05, 4.69) is 31.7 Å². The number of carbonyl (C=O) groups is 2. The highest BCUT2D eigenvalue weighted by Gasteiger charge is 2.10. The molecule has 1 aromatic carbocycles. The van der Waals surface area contributed by atoms with Crippen LogP contribution in [0.1, 0.15) is 31.1 Å². The van der Waals surface area contributed by atoms with Gasteiger partial charge in [-0.15, -0.1) is 5.10 Å². The third kappa shape index (κ3) is 5.24. The van der Waals surface area contributed by atoms with Crippen LogP contribution in [-0.2, 0) is 4.79 Å². The molecule has 0 aliphatic heterocycles. The predicted octanol–water partition coefficient (Wildman–Crippen LogP) is 2.13. The van der Waals surface area contributed by atoms with Crippen LogP contribution in [-0.4, -0.2) is 22.1 Å². The van der Waals surface area contributed by atoms with Crippen LogP contribution in [0.15, 0.2) is 36.4 Å². The second-order valence-electron chi connectivity index (χ2n) is 5.31. The Hall–Kier alpha value is -3.16. The van der Waals surface area contributed by atoms with E-state index in [0.29, 0.717) is 11.5 Å². The first-order valence-corrected chi connectivity index (χ1v) is 7.44. The van der Waals surface area contributed by atoms with Gasteiger partial charge in [0.25, 0.3) is 0 Å². The molecule has 4 N–H and O–H groups in total. The van der Waals surface area contributed by atoms with E-state index in [1.54, 1.807) is 18.2 Å². The van der Waals surface area contributed by atoms with Gasteiger partial charge >= 0.3 is 6.03 Å². The first-order valence-electron chi connectivity index (χ1n) is 7.44. The van der Waals surface area contributed by atoms with Crippen LogP contribution >= 0.6 is 0 Å². The lowest BCUT2D eigenvalue weighted by Gasteiger charge is -2.16. The number of anilines is 2. The maximum Gasteiger partial charge on any atom is 0.333 e. The average molecular weight is 328 g/mol. The molecule has 2 rings (SSSR count). The van der Waals surface area contributed by atoms with E-state index < -0.39 is 6.03 Å². The third-order valence-electron chi connectivity index (χ3n) is 3.16. The van der Waals surface area contributed by atoms with Crippen LogP contribution in [0.25, 0.3) is 0 Å². The molecule has 0 aliphatic rings. The molecule has 1 unspecified atom stereocenters. The number of aromatic nitrogens is 2. The Morgan fingerprint density at radius 3 is 2.58 bits per heavy atom. The summed E-state index contributed by atoms with van der Waals surface area (Å²) in [5.74, 6) is 0.296. The molecule has 1 atom stereocenters. The second kappa shape index (κ2) is 7.91. The zero-order valence-corrected chi connectivity index (χ0v) is 13.8. The molecule has 126 valence electrons. The lowest BCUT2D eigenvalue weighted by molar-refractivity contribution is -0.114. The summed E-state index contributed by atoms with van der Waals surface area (Å²) in [6.07, 6.45) is 0. The maximum absolute atomic E-state index is 11.9. The summed E-state index contributed by atoms with van der Waals surface area (Å²) in [5, 5.41) is 13.3. The fraction of sp³-hybridized carbons (Fsp3) is 0.250. The molecule has 0 bridgehead atoms. The Bertz CT molecular complexity index is 717. The molecule has 3 amide bonds. The van der Waals surface area contributed by atoms with Crippen LogP contribution in [0.4, 0.5) is 16.3 Å². The van der Waals surface area contributed by atoms with Crippen molar-refractivity contribution in [2.24, 2.45) is 0 Å². The van der Waals surface area contributed by atoms with Gasteiger partial charge < -0.3 is 10.6 Å². The Kier molecular flexibility index (Phi) is 5.67. The molecule has 0 spiro atoms. The minimum Gasteiger partial charge on any atom is -0.330 e. The van der Waals surface area contributed by atoms with E-state index in [1.165, 1.54) is 6.92 Å². The van der Waals surface area contributed by atoms with Crippen LogP contribution in [0, 0.1) is 6.92 Å². The molecule has 1 heterocycles. The zero-order valence-electron chi connectivity index (χ0n) is 13.8. The number of benzene rings is 1. The van der Waals surface area contributed by atoms with Gasteiger partial charge in [0, 0.05) is 12.6 Å². The van der Waals surface area contributed by atoms with E-state index in [0.717, 1.165) is 11.3 Å². The number of nitrogens with zero attached hydrogens (tertiary/aromatic N) is 2. The average Bonchev–Trinajstić information content (AvgIpc) is 2.54. The first-order chi connectivity index (χ1) is 11.4. The second-order valence-corrected chi connectivity index (χ2v) is 5.31. The summed E-state index contributed by atoms with van der Waals surface area (Å²) >= 11 is 0. The van der Waals surface area contributed by atoms with Crippen LogP contribution in [0.3, 0.4) is 0 Å². The van der Waals surface area contributed by atoms with Crippen molar-refractivity contribution in [3.05, 3.63) is 47.7 Å². The van der Waals surface area contributed by atoms with Gasteiger partial charge in [0.15, 0.2) is 5.82 Å². The third-order valence-corrected chi connectivity index (χ3v) is 3.16. The number of nitrogens with one attached hydrogen (secondary N) is 4. The van der Waals surface area contributed by atoms with Crippen molar-refractivity contribution >= 4 is 23.4 Å². The number of hydrazine groups is 1. The molecule has 0 fully saturated rings. The Morgan fingerprint density at radius 2 is 1.92 bits per heavy atom. The SMILES string of the molecule is CC(=O)Nc1cccc(C(C)NC(=O)NNc2ccc(C)nn2)c1. The molecule has 1 aromatic heterocycles. The lowest BCUT2D eigenvalue weighted by atomic mass is 10.1. The lowest BCUT2D eigenvalue weighted by Crippen LogP contribution is -2.40. The van der Waals surface area contributed by atoms with Gasteiger partial charge in [-0.1, -0.05) is 12.1 Å². The highest BCUT2D eigenvalue weighted by atomic mass is 16.2. The number of amides is 3. The van der Waals surface area contributed by atoms with E-state index in [4.69, 9.17) is 0 Å². The highest BCUT2D eigenvalue weighted by molar-refractivity contribution is 5.88. The van der Waals surface area contributed by atoms with Gasteiger partial charge in [-0.3, -0.25) is 15.6 Å². The number of rotatable bonds is 5. The molecule has 0 aliphatic carbocycles. The van der Waals surface area contributed by atoms with E-state index in [-0.39, 0.29) is 11.9 Å². The number of carbonyl (C=O) groups excluding carboxylic acids is 2. The monoisotopic (exact) mass is 328 g/mol. The van der Waals surface area contributed by atoms with E-state index in [9.17, 15) is 9.59 Å². The van der Waals surface area contributed by atoms with Crippen molar-refractivity contribution in [3.63, 3.8) is 0 Å². The highest BCUT2D eigenvalue weighted by Crippen LogP contribution is 2.17. The summed E-state index contributed by atoms with van der Waals surface area (Å²) in [6.45, 7) is 5.12. The number of hydrogen-bond acceptors (Lipinski definition) is 5. The Balaban J connectivity index is 1.89. The summed E-state index contributed by atoms with van der Waals surface area (Å²) in [7, 11) is 0. The number of urea groups is 1. The fourth-order valence-electron chi connectivity index (χ4n) is 1.99. The summed E-state index contributed by atoms with van der Waals surface area (Å²) < 4.78 is 0. The molecular weight excluding hydrogens is 308 g/mol. The van der Waals surface area contributed by atoms with Gasteiger partial charge in [0.05, 0.1) is 11.7 Å². The van der Waals surface area contributed by atoms with Crippen LogP contribution < -0.4 is 21.5 Å². The number of hydrogen-bond donors (Lipinski definition) is 4. The minimum atomic E-state index is -0.408. The van der Waals surface area contributed by atoms with Gasteiger partial charge in [0.2, 0.25) is 5.91 Å². The molecule has 0 radical (unpaired) electrons. The van der Waals surface area contributed by atoms with Gasteiger partial charge in [0.1, 0.15) is 0 Å². The first kappa shape index (κ1) is 17.2. The van der Waals surface area contributed by atoms with Gasteiger partial charge in [-0.05, 0) is 43.7 Å². The Labute approximate surface area is 140 Å². The molecular formula is C16H20N6O2. The number of aryl methyl sites for hydroxylation is 1. The standard InChI is InChI=1S/C16H20N6O2/c1-10-7-8-15(20-19-10)21-22-16(24)17-11(2)13-5-4-6-14(9-13)18-12(3)23/h4-9,11H,1-3H3,(H,18,23)(H,20,21)(H2,17,22,24). The summed E-state index contributed by atoms with van der Waals surface area (Å²) in [6, 6.07) is 10.1. The smallest absolute Gasteiger partial charge is 0.330 e. The molecule has 8 nitrogen and oxygen atoms in total. The van der Waals surface area contributed by atoms with Gasteiger partial charge in [-0.2, -0.15) is 5.10 Å². The molecule has 2 aromatic rings. The van der Waals surface area contributed by atoms with E-state index in [1.807, 2.05) is 32.0 Å². The Morgan fingerprint density at radius 1 is 1.12 bits per heavy atom. The van der Waals surface area contributed by atoms with Crippen molar-refractivity contribution in [1.29, 1.82) is 0 Å². The molecule has 24 heavy (non-hydrogen) atoms. The van der Waals surface area contributed by atoms with Crippen LogP contribution in [0.2, 0.25) is 0 Å². The minimum absolute atomic E-state index is 0.145.